The van der Waals surface area contributed by atoms with E-state index in [9.17, 15) is 13.2 Å². The van der Waals surface area contributed by atoms with E-state index in [0.29, 0.717) is 6.42 Å². The number of nitrogens with one attached hydrogen (secondary N) is 1. The third-order valence-corrected chi connectivity index (χ3v) is 4.16. The molecule has 1 saturated carbocycles. The van der Waals surface area contributed by atoms with Crippen molar-refractivity contribution in [1.82, 2.24) is 15.1 Å². The molecule has 0 aromatic carbocycles. The van der Waals surface area contributed by atoms with Crippen LogP contribution in [0, 0.1) is 11.8 Å². The van der Waals surface area contributed by atoms with E-state index in [4.69, 9.17) is 0 Å². The smallest absolute Gasteiger partial charge is 0.310 e. The van der Waals surface area contributed by atoms with Gasteiger partial charge in [0.1, 0.15) is 0 Å². The van der Waals surface area contributed by atoms with Gasteiger partial charge in [0.15, 0.2) is 0 Å². The average molecular weight is 289 g/mol. The number of aromatic nitrogens is 2. The Morgan fingerprint density at radius 3 is 2.75 bits per heavy atom. The van der Waals surface area contributed by atoms with Gasteiger partial charge in [-0.15, -0.1) is 0 Å². The number of alkyl halides is 3. The number of rotatable bonds is 4. The zero-order valence-electron chi connectivity index (χ0n) is 12.0. The number of hydrogen-bond acceptors (Lipinski definition) is 2. The van der Waals surface area contributed by atoms with Crippen LogP contribution in [0.25, 0.3) is 0 Å². The monoisotopic (exact) mass is 289 g/mol. The lowest BCUT2D eigenvalue weighted by atomic mass is 9.76. The van der Waals surface area contributed by atoms with Crippen LogP contribution in [0.5, 0.6) is 0 Å². The Morgan fingerprint density at radius 1 is 1.45 bits per heavy atom. The molecule has 114 valence electrons. The first-order valence-electron chi connectivity index (χ1n) is 7.20. The van der Waals surface area contributed by atoms with Crippen molar-refractivity contribution < 1.29 is 13.2 Å². The third kappa shape index (κ3) is 3.53. The quantitative estimate of drug-likeness (QED) is 0.920. The fraction of sp³-hybridized carbons (Fsp3) is 0.786. The van der Waals surface area contributed by atoms with Gasteiger partial charge in [0.25, 0.3) is 0 Å². The minimum absolute atomic E-state index is 0.0273. The second kappa shape index (κ2) is 6.16. The van der Waals surface area contributed by atoms with Crippen LogP contribution in [0.4, 0.5) is 13.2 Å². The predicted molar refractivity (Wildman–Crippen MR) is 71.1 cm³/mol. The molecular weight excluding hydrogens is 267 g/mol. The van der Waals surface area contributed by atoms with Gasteiger partial charge < -0.3 is 5.32 Å². The minimum atomic E-state index is -4.07. The van der Waals surface area contributed by atoms with Gasteiger partial charge in [-0.05, 0) is 31.7 Å². The van der Waals surface area contributed by atoms with E-state index >= 15 is 0 Å². The highest BCUT2D eigenvalue weighted by Gasteiger charge is 2.43. The van der Waals surface area contributed by atoms with E-state index < -0.39 is 12.1 Å². The number of aryl methyl sites for hydroxylation is 1. The van der Waals surface area contributed by atoms with Crippen LogP contribution in [0.1, 0.15) is 44.2 Å². The van der Waals surface area contributed by atoms with Gasteiger partial charge in [-0.2, -0.15) is 18.3 Å². The zero-order chi connectivity index (χ0) is 14.8. The molecule has 3 nitrogen and oxygen atoms in total. The number of hydrogen-bond donors (Lipinski definition) is 1. The lowest BCUT2D eigenvalue weighted by Gasteiger charge is -2.35. The second-order valence-corrected chi connectivity index (χ2v) is 5.65. The van der Waals surface area contributed by atoms with Crippen molar-refractivity contribution in [2.24, 2.45) is 18.9 Å². The van der Waals surface area contributed by atoms with Crippen molar-refractivity contribution in [1.29, 1.82) is 0 Å². The van der Waals surface area contributed by atoms with Crippen molar-refractivity contribution in [2.75, 3.05) is 6.54 Å². The molecule has 0 amide bonds. The molecule has 1 aromatic heterocycles. The summed E-state index contributed by atoms with van der Waals surface area (Å²) in [6, 6.07) is -0.0288. The summed E-state index contributed by atoms with van der Waals surface area (Å²) in [7, 11) is 1.83. The molecule has 0 radical (unpaired) electrons. The standard InChI is InChI=1S/C14H22F3N3/c1-3-18-13(11-8-19-20(2)9-11)10-5-4-6-12(7-10)14(15,16)17/h8-10,12-13,18H,3-7H2,1-2H3. The highest BCUT2D eigenvalue weighted by molar-refractivity contribution is 5.12. The fourth-order valence-electron chi connectivity index (χ4n) is 3.20. The predicted octanol–water partition coefficient (Wildman–Crippen LogP) is 3.44. The molecule has 1 heterocycles. The fourth-order valence-corrected chi connectivity index (χ4v) is 3.20. The first-order valence-corrected chi connectivity index (χ1v) is 7.20. The molecule has 20 heavy (non-hydrogen) atoms. The maximum Gasteiger partial charge on any atom is 0.391 e. The molecule has 0 bridgehead atoms. The van der Waals surface area contributed by atoms with Crippen LogP contribution in [-0.4, -0.2) is 22.5 Å². The zero-order valence-corrected chi connectivity index (χ0v) is 12.0. The van der Waals surface area contributed by atoms with Crippen LogP contribution >= 0.6 is 0 Å². The molecule has 0 spiro atoms. The molecule has 3 unspecified atom stereocenters. The third-order valence-electron chi connectivity index (χ3n) is 4.16. The van der Waals surface area contributed by atoms with Crippen molar-refractivity contribution >= 4 is 0 Å². The summed E-state index contributed by atoms with van der Waals surface area (Å²) in [5, 5.41) is 7.47. The van der Waals surface area contributed by atoms with Crippen LogP contribution in [-0.2, 0) is 7.05 Å². The Labute approximate surface area is 117 Å². The summed E-state index contributed by atoms with van der Waals surface area (Å²) < 4.78 is 40.5. The molecule has 0 aliphatic heterocycles. The molecule has 3 atom stereocenters. The molecular formula is C14H22F3N3. The molecule has 1 N–H and O–H groups in total. The molecule has 1 aliphatic carbocycles. The minimum Gasteiger partial charge on any atom is -0.310 e. The summed E-state index contributed by atoms with van der Waals surface area (Å²) in [4.78, 5) is 0. The Kier molecular flexibility index (Phi) is 4.73. The molecule has 1 aromatic rings. The molecule has 2 rings (SSSR count). The summed E-state index contributed by atoms with van der Waals surface area (Å²) in [6.45, 7) is 2.72. The summed E-state index contributed by atoms with van der Waals surface area (Å²) >= 11 is 0. The Morgan fingerprint density at radius 2 is 2.20 bits per heavy atom. The van der Waals surface area contributed by atoms with E-state index in [1.165, 1.54) is 0 Å². The van der Waals surface area contributed by atoms with Crippen molar-refractivity contribution in [3.8, 4) is 0 Å². The molecule has 6 heteroatoms. The largest absolute Gasteiger partial charge is 0.391 e. The first-order chi connectivity index (χ1) is 9.41. The van der Waals surface area contributed by atoms with Gasteiger partial charge in [-0.3, -0.25) is 4.68 Å². The van der Waals surface area contributed by atoms with Gasteiger partial charge in [0.2, 0.25) is 0 Å². The second-order valence-electron chi connectivity index (χ2n) is 5.65. The van der Waals surface area contributed by atoms with Gasteiger partial charge in [-0.25, -0.2) is 0 Å². The van der Waals surface area contributed by atoms with E-state index in [1.54, 1.807) is 10.9 Å². The number of nitrogens with zero attached hydrogens (tertiary/aromatic N) is 2. The highest BCUT2D eigenvalue weighted by atomic mass is 19.4. The van der Waals surface area contributed by atoms with Crippen LogP contribution in [0.15, 0.2) is 12.4 Å². The summed E-state index contributed by atoms with van der Waals surface area (Å²) in [6.07, 6.45) is 1.57. The van der Waals surface area contributed by atoms with Crippen molar-refractivity contribution in [3.63, 3.8) is 0 Å². The van der Waals surface area contributed by atoms with Crippen molar-refractivity contribution in [2.45, 2.75) is 44.8 Å². The Hall–Kier alpha value is -1.04. The SMILES string of the molecule is CCNC(c1cnn(C)c1)C1CCCC(C(F)(F)F)C1. The molecule has 1 fully saturated rings. The lowest BCUT2D eigenvalue weighted by molar-refractivity contribution is -0.186. The summed E-state index contributed by atoms with van der Waals surface area (Å²) in [5.74, 6) is -1.13. The highest BCUT2D eigenvalue weighted by Crippen LogP contribution is 2.43. The van der Waals surface area contributed by atoms with Crippen LogP contribution in [0.3, 0.4) is 0 Å². The van der Waals surface area contributed by atoms with Crippen molar-refractivity contribution in [3.05, 3.63) is 18.0 Å². The maximum atomic E-state index is 12.9. The maximum absolute atomic E-state index is 12.9. The van der Waals surface area contributed by atoms with Gasteiger partial charge in [0, 0.05) is 24.8 Å². The van der Waals surface area contributed by atoms with E-state index in [-0.39, 0.29) is 24.8 Å². The summed E-state index contributed by atoms with van der Waals surface area (Å²) in [5.41, 5.74) is 0.988. The molecule has 0 saturated heterocycles. The van der Waals surface area contributed by atoms with E-state index in [0.717, 1.165) is 18.5 Å². The van der Waals surface area contributed by atoms with Gasteiger partial charge in [-0.1, -0.05) is 13.3 Å². The normalized spacial score (nSPS) is 25.6. The molecule has 1 aliphatic rings. The van der Waals surface area contributed by atoms with Gasteiger partial charge >= 0.3 is 6.18 Å². The average Bonchev–Trinajstić information content (AvgIpc) is 2.81. The first kappa shape index (κ1) is 15.4. The Balaban J connectivity index is 2.13. The van der Waals surface area contributed by atoms with E-state index in [1.807, 2.05) is 20.2 Å². The van der Waals surface area contributed by atoms with Crippen LogP contribution < -0.4 is 5.32 Å². The van der Waals surface area contributed by atoms with Crippen LogP contribution in [0.2, 0.25) is 0 Å². The lowest BCUT2D eigenvalue weighted by Crippen LogP contribution is -2.35. The number of halogens is 3. The van der Waals surface area contributed by atoms with E-state index in [2.05, 4.69) is 10.4 Å². The Bertz CT molecular complexity index is 428. The topological polar surface area (TPSA) is 29.9 Å². The van der Waals surface area contributed by atoms with Gasteiger partial charge in [0.05, 0.1) is 12.1 Å².